The molecule has 0 N–H and O–H groups in total. The van der Waals surface area contributed by atoms with Crippen LogP contribution >= 0.6 is 11.6 Å². The van der Waals surface area contributed by atoms with Crippen LogP contribution in [0.4, 0.5) is 0 Å². The van der Waals surface area contributed by atoms with E-state index in [1.807, 2.05) is 6.92 Å². The highest BCUT2D eigenvalue weighted by Gasteiger charge is 2.36. The van der Waals surface area contributed by atoms with Crippen molar-refractivity contribution >= 4 is 33.0 Å². The first-order valence-corrected chi connectivity index (χ1v) is 11.4. The van der Waals surface area contributed by atoms with Crippen molar-refractivity contribution < 1.29 is 22.7 Å². The zero-order valence-electron chi connectivity index (χ0n) is 17.0. The van der Waals surface area contributed by atoms with E-state index >= 15 is 0 Å². The van der Waals surface area contributed by atoms with Crippen LogP contribution in [-0.4, -0.2) is 32.3 Å². The SMILES string of the molecule is COc1ccc(C(=O)C[C@H](C(=O)c2ccc(Cl)cc2)S(=O)(=O)c2ccc(C)cc2)cc1. The molecule has 3 aromatic rings. The number of carbonyl (C=O) groups excluding carboxylic acids is 2. The Morgan fingerprint density at radius 2 is 1.42 bits per heavy atom. The number of ether oxygens (including phenoxy) is 1. The Kier molecular flexibility index (Phi) is 6.93. The van der Waals surface area contributed by atoms with Crippen LogP contribution in [-0.2, 0) is 9.84 Å². The molecule has 0 bridgehead atoms. The van der Waals surface area contributed by atoms with E-state index in [2.05, 4.69) is 0 Å². The van der Waals surface area contributed by atoms with E-state index in [4.69, 9.17) is 16.3 Å². The Morgan fingerprint density at radius 3 is 1.97 bits per heavy atom. The van der Waals surface area contributed by atoms with E-state index in [-0.39, 0.29) is 10.5 Å². The highest BCUT2D eigenvalue weighted by Crippen LogP contribution is 2.25. The van der Waals surface area contributed by atoms with Crippen molar-refractivity contribution in [1.82, 2.24) is 0 Å². The molecule has 160 valence electrons. The number of hydrogen-bond acceptors (Lipinski definition) is 5. The Bertz CT molecular complexity index is 1180. The molecule has 3 rings (SSSR count). The van der Waals surface area contributed by atoms with Gasteiger partial charge in [-0.25, -0.2) is 8.42 Å². The molecule has 0 aromatic heterocycles. The predicted molar refractivity (Wildman–Crippen MR) is 120 cm³/mol. The molecule has 0 aliphatic carbocycles. The molecule has 7 heteroatoms. The number of benzene rings is 3. The minimum absolute atomic E-state index is 0.00653. The summed E-state index contributed by atoms with van der Waals surface area (Å²) in [7, 11) is -2.61. The van der Waals surface area contributed by atoms with Crippen LogP contribution in [0.1, 0.15) is 32.7 Å². The van der Waals surface area contributed by atoms with Gasteiger partial charge in [-0.1, -0.05) is 29.3 Å². The van der Waals surface area contributed by atoms with E-state index < -0.39 is 33.1 Å². The fourth-order valence-corrected chi connectivity index (χ4v) is 4.86. The Hall–Kier alpha value is -2.96. The van der Waals surface area contributed by atoms with E-state index in [1.54, 1.807) is 36.4 Å². The largest absolute Gasteiger partial charge is 0.497 e. The third-order valence-corrected chi connectivity index (χ3v) is 7.24. The molecule has 1 atom stereocenters. The summed E-state index contributed by atoms with van der Waals surface area (Å²) in [5, 5.41) is -1.14. The second-order valence-electron chi connectivity index (χ2n) is 7.07. The molecular formula is C24H21ClO5S. The average molecular weight is 457 g/mol. The van der Waals surface area contributed by atoms with Crippen LogP contribution in [0.25, 0.3) is 0 Å². The molecule has 0 aliphatic heterocycles. The lowest BCUT2D eigenvalue weighted by atomic mass is 10.0. The maximum atomic E-state index is 13.4. The number of carbonyl (C=O) groups is 2. The van der Waals surface area contributed by atoms with Crippen LogP contribution < -0.4 is 4.74 Å². The van der Waals surface area contributed by atoms with Crippen molar-refractivity contribution in [3.63, 3.8) is 0 Å². The number of ketones is 2. The van der Waals surface area contributed by atoms with Gasteiger partial charge in [0.1, 0.15) is 11.0 Å². The van der Waals surface area contributed by atoms with Crippen molar-refractivity contribution in [2.24, 2.45) is 0 Å². The Morgan fingerprint density at radius 1 is 0.871 bits per heavy atom. The first-order valence-electron chi connectivity index (χ1n) is 9.50. The van der Waals surface area contributed by atoms with Gasteiger partial charge in [0, 0.05) is 22.6 Å². The van der Waals surface area contributed by atoms with Gasteiger partial charge in [-0.3, -0.25) is 9.59 Å². The van der Waals surface area contributed by atoms with Gasteiger partial charge >= 0.3 is 0 Å². The molecule has 0 heterocycles. The monoisotopic (exact) mass is 456 g/mol. The highest BCUT2D eigenvalue weighted by atomic mass is 35.5. The molecule has 0 fully saturated rings. The van der Waals surface area contributed by atoms with Gasteiger partial charge in [0.05, 0.1) is 12.0 Å². The van der Waals surface area contributed by atoms with E-state index in [0.717, 1.165) is 5.56 Å². The zero-order chi connectivity index (χ0) is 22.6. The number of Topliss-reactive ketones (excluding diaryl/α,β-unsaturated/α-hetero) is 2. The number of methoxy groups -OCH3 is 1. The second-order valence-corrected chi connectivity index (χ2v) is 9.64. The van der Waals surface area contributed by atoms with Crippen LogP contribution in [0, 0.1) is 6.92 Å². The molecule has 0 saturated heterocycles. The minimum Gasteiger partial charge on any atom is -0.497 e. The summed E-state index contributed by atoms with van der Waals surface area (Å²) in [6.45, 7) is 1.83. The van der Waals surface area contributed by atoms with Crippen LogP contribution in [0.2, 0.25) is 5.02 Å². The number of sulfone groups is 1. The van der Waals surface area contributed by atoms with Crippen molar-refractivity contribution in [1.29, 1.82) is 0 Å². The van der Waals surface area contributed by atoms with Crippen LogP contribution in [0.3, 0.4) is 0 Å². The fourth-order valence-electron chi connectivity index (χ4n) is 3.10. The first kappa shape index (κ1) is 22.7. The average Bonchev–Trinajstić information content (AvgIpc) is 2.77. The van der Waals surface area contributed by atoms with Crippen molar-refractivity contribution in [3.8, 4) is 5.75 Å². The van der Waals surface area contributed by atoms with Crippen molar-refractivity contribution in [2.45, 2.75) is 23.5 Å². The molecule has 3 aromatic carbocycles. The molecule has 31 heavy (non-hydrogen) atoms. The zero-order valence-corrected chi connectivity index (χ0v) is 18.6. The quantitative estimate of drug-likeness (QED) is 0.448. The molecule has 0 radical (unpaired) electrons. The minimum atomic E-state index is -4.12. The smallest absolute Gasteiger partial charge is 0.189 e. The molecule has 5 nitrogen and oxygen atoms in total. The maximum absolute atomic E-state index is 13.4. The standard InChI is InChI=1S/C24H21ClO5S/c1-16-3-13-21(14-4-16)31(28,29)23(24(27)18-5-9-19(25)10-6-18)15-22(26)17-7-11-20(30-2)12-8-17/h3-14,23H,15H2,1-2H3/t23-/m1/s1. The van der Waals surface area contributed by atoms with Gasteiger partial charge in [-0.15, -0.1) is 0 Å². The van der Waals surface area contributed by atoms with Gasteiger partial charge < -0.3 is 4.74 Å². The lowest BCUT2D eigenvalue weighted by Gasteiger charge is -2.17. The van der Waals surface area contributed by atoms with Gasteiger partial charge in [0.2, 0.25) is 0 Å². The Balaban J connectivity index is 2.00. The third-order valence-electron chi connectivity index (χ3n) is 4.93. The topological polar surface area (TPSA) is 77.5 Å². The van der Waals surface area contributed by atoms with Crippen molar-refractivity contribution in [2.75, 3.05) is 7.11 Å². The lowest BCUT2D eigenvalue weighted by molar-refractivity contribution is 0.0920. The lowest BCUT2D eigenvalue weighted by Crippen LogP contribution is -2.33. The summed E-state index contributed by atoms with van der Waals surface area (Å²) in [5.41, 5.74) is 1.36. The van der Waals surface area contributed by atoms with Gasteiger partial charge in [-0.05, 0) is 67.6 Å². The summed E-state index contributed by atoms with van der Waals surface area (Å²) in [6.07, 6.45) is -0.482. The van der Waals surface area contributed by atoms with E-state index in [1.165, 1.54) is 43.5 Å². The second kappa shape index (κ2) is 9.45. The normalized spacial score (nSPS) is 12.2. The fraction of sp³-hybridized carbons (Fsp3) is 0.167. The van der Waals surface area contributed by atoms with E-state index in [9.17, 15) is 18.0 Å². The van der Waals surface area contributed by atoms with Crippen molar-refractivity contribution in [3.05, 3.63) is 94.5 Å². The number of aryl methyl sites for hydroxylation is 1. The van der Waals surface area contributed by atoms with Gasteiger partial charge in [0.25, 0.3) is 0 Å². The molecule has 0 saturated carbocycles. The van der Waals surface area contributed by atoms with Crippen LogP contribution in [0.15, 0.2) is 77.7 Å². The first-order chi connectivity index (χ1) is 14.7. The molecule has 0 amide bonds. The summed E-state index contributed by atoms with van der Waals surface area (Å²) < 4.78 is 31.8. The maximum Gasteiger partial charge on any atom is 0.189 e. The predicted octanol–water partition coefficient (Wildman–Crippen LogP) is 4.96. The third kappa shape index (κ3) is 5.21. The summed E-state index contributed by atoms with van der Waals surface area (Å²) in [4.78, 5) is 26.1. The number of hydrogen-bond donors (Lipinski definition) is 0. The Labute approximate surface area is 186 Å². The van der Waals surface area contributed by atoms with Gasteiger partial charge in [0.15, 0.2) is 21.4 Å². The summed E-state index contributed by atoms with van der Waals surface area (Å²) >= 11 is 5.89. The van der Waals surface area contributed by atoms with E-state index in [0.29, 0.717) is 16.3 Å². The molecule has 0 aliphatic rings. The van der Waals surface area contributed by atoms with Crippen LogP contribution in [0.5, 0.6) is 5.75 Å². The molecule has 0 unspecified atom stereocenters. The molecular weight excluding hydrogens is 436 g/mol. The summed E-state index contributed by atoms with van der Waals surface area (Å²) in [6, 6.07) is 18.5. The number of rotatable bonds is 8. The summed E-state index contributed by atoms with van der Waals surface area (Å²) in [5.74, 6) is -0.539. The van der Waals surface area contributed by atoms with Gasteiger partial charge in [-0.2, -0.15) is 0 Å². The highest BCUT2D eigenvalue weighted by molar-refractivity contribution is 7.92. The number of halogens is 1. The molecule has 0 spiro atoms.